The molecule has 5 rings (SSSR count). The number of thiophene rings is 1. The van der Waals surface area contributed by atoms with E-state index in [0.29, 0.717) is 12.5 Å². The van der Waals surface area contributed by atoms with E-state index in [2.05, 4.69) is 20.9 Å². The molecule has 0 saturated carbocycles. The highest BCUT2D eigenvalue weighted by Crippen LogP contribution is 2.47. The summed E-state index contributed by atoms with van der Waals surface area (Å²) in [5, 5.41) is 3.12. The number of hydrogen-bond acceptors (Lipinski definition) is 6. The van der Waals surface area contributed by atoms with Crippen molar-refractivity contribution in [1.82, 2.24) is 14.3 Å². The molecule has 27 heavy (non-hydrogen) atoms. The molecule has 0 unspecified atom stereocenters. The summed E-state index contributed by atoms with van der Waals surface area (Å²) >= 11 is 1.62. The minimum absolute atomic E-state index is 0.115. The number of rotatable bonds is 3. The minimum Gasteiger partial charge on any atom is -0.355 e. The smallest absolute Gasteiger partial charge is 0.211 e. The van der Waals surface area contributed by atoms with Crippen LogP contribution >= 0.6 is 11.3 Å². The molecule has 2 saturated heterocycles. The molecule has 0 spiro atoms. The number of aromatic nitrogens is 2. The quantitative estimate of drug-likeness (QED) is 0.676. The Morgan fingerprint density at radius 2 is 1.89 bits per heavy atom. The van der Waals surface area contributed by atoms with Gasteiger partial charge in [0.2, 0.25) is 10.0 Å². The lowest BCUT2D eigenvalue weighted by Gasteiger charge is -2.28. The lowest BCUT2D eigenvalue weighted by atomic mass is 9.90. The zero-order chi connectivity index (χ0) is 18.6. The van der Waals surface area contributed by atoms with Crippen LogP contribution in [0.15, 0.2) is 48.1 Å². The predicted octanol–water partition coefficient (Wildman–Crippen LogP) is 2.76. The highest BCUT2D eigenvalue weighted by atomic mass is 32.2. The molecule has 2 aliphatic heterocycles. The Labute approximate surface area is 162 Å². The van der Waals surface area contributed by atoms with Crippen LogP contribution in [0.4, 0.5) is 5.82 Å². The van der Waals surface area contributed by atoms with E-state index in [4.69, 9.17) is 0 Å². The van der Waals surface area contributed by atoms with E-state index in [1.54, 1.807) is 22.0 Å². The monoisotopic (exact) mass is 400 g/mol. The summed E-state index contributed by atoms with van der Waals surface area (Å²) in [6, 6.07) is 12.0. The Kier molecular flexibility index (Phi) is 3.96. The minimum atomic E-state index is -3.26. The lowest BCUT2D eigenvalue weighted by Crippen LogP contribution is -2.35. The van der Waals surface area contributed by atoms with Gasteiger partial charge in [0.05, 0.1) is 17.7 Å². The molecule has 0 aliphatic carbocycles. The maximum absolute atomic E-state index is 12.4. The van der Waals surface area contributed by atoms with Gasteiger partial charge in [-0.25, -0.2) is 18.4 Å². The Balaban J connectivity index is 1.52. The first-order valence-corrected chi connectivity index (χ1v) is 11.7. The van der Waals surface area contributed by atoms with Gasteiger partial charge in [0.1, 0.15) is 17.0 Å². The van der Waals surface area contributed by atoms with E-state index >= 15 is 0 Å². The maximum atomic E-state index is 12.4. The summed E-state index contributed by atoms with van der Waals surface area (Å²) in [5.74, 6) is 1.52. The SMILES string of the molecule is CS(=O)(=O)N1C[C@H]2CN(c3ncnc4sccc34)C[C@H]2[C@@H]1c1ccccc1. The van der Waals surface area contributed by atoms with Crippen LogP contribution in [0.5, 0.6) is 0 Å². The third-order valence-corrected chi connectivity index (χ3v) is 7.78. The van der Waals surface area contributed by atoms with Crippen molar-refractivity contribution < 1.29 is 8.42 Å². The molecule has 8 heteroatoms. The van der Waals surface area contributed by atoms with Gasteiger partial charge in [0.15, 0.2) is 0 Å². The molecule has 0 amide bonds. The summed E-state index contributed by atoms with van der Waals surface area (Å²) in [7, 11) is -3.26. The van der Waals surface area contributed by atoms with E-state index in [-0.39, 0.29) is 12.0 Å². The summed E-state index contributed by atoms with van der Waals surface area (Å²) in [5.41, 5.74) is 1.07. The first-order chi connectivity index (χ1) is 13.0. The molecule has 0 radical (unpaired) electrons. The molecule has 2 fully saturated rings. The molecule has 6 nitrogen and oxygen atoms in total. The number of benzene rings is 1. The number of anilines is 1. The van der Waals surface area contributed by atoms with Crippen LogP contribution in [0.1, 0.15) is 11.6 Å². The largest absolute Gasteiger partial charge is 0.355 e. The van der Waals surface area contributed by atoms with Gasteiger partial charge in [-0.1, -0.05) is 30.3 Å². The molecular formula is C19H20N4O2S2. The number of fused-ring (bicyclic) bond motifs is 2. The molecule has 0 N–H and O–H groups in total. The first kappa shape index (κ1) is 17.1. The molecule has 0 bridgehead atoms. The van der Waals surface area contributed by atoms with E-state index < -0.39 is 10.0 Å². The molecule has 3 aromatic rings. The van der Waals surface area contributed by atoms with E-state index in [1.165, 1.54) is 6.26 Å². The zero-order valence-electron chi connectivity index (χ0n) is 14.9. The molecule has 2 aromatic heterocycles. The first-order valence-electron chi connectivity index (χ1n) is 8.97. The lowest BCUT2D eigenvalue weighted by molar-refractivity contribution is 0.352. The summed E-state index contributed by atoms with van der Waals surface area (Å²) in [6.07, 6.45) is 2.95. The summed E-state index contributed by atoms with van der Waals surface area (Å²) in [4.78, 5) is 12.2. The van der Waals surface area contributed by atoms with Gasteiger partial charge >= 0.3 is 0 Å². The fourth-order valence-corrected chi connectivity index (χ4v) is 6.49. The third-order valence-electron chi connectivity index (χ3n) is 5.73. The van der Waals surface area contributed by atoms with Crippen molar-refractivity contribution >= 4 is 37.4 Å². The summed E-state index contributed by atoms with van der Waals surface area (Å²) in [6.45, 7) is 2.19. The van der Waals surface area contributed by atoms with Crippen molar-refractivity contribution in [3.8, 4) is 0 Å². The van der Waals surface area contributed by atoms with Crippen LogP contribution in [0, 0.1) is 11.8 Å². The van der Waals surface area contributed by atoms with Crippen molar-refractivity contribution in [2.24, 2.45) is 11.8 Å². The standard InChI is InChI=1S/C19H20N4O2S2/c1-27(24,25)23-10-14-9-22(18-15-7-8-26-19(15)21-12-20-18)11-16(14)17(23)13-5-3-2-4-6-13/h2-8,12,14,16-17H,9-11H2,1H3/t14-,16-,17+/m1/s1. The van der Waals surface area contributed by atoms with Crippen molar-refractivity contribution in [3.63, 3.8) is 0 Å². The van der Waals surface area contributed by atoms with Crippen LogP contribution in [-0.4, -0.2) is 48.6 Å². The Hall–Kier alpha value is -2.03. The fraction of sp³-hybridized carbons (Fsp3) is 0.368. The van der Waals surface area contributed by atoms with Crippen LogP contribution in [0.25, 0.3) is 10.2 Å². The second-order valence-electron chi connectivity index (χ2n) is 7.35. The fourth-order valence-electron chi connectivity index (χ4n) is 4.61. The van der Waals surface area contributed by atoms with Crippen molar-refractivity contribution in [1.29, 1.82) is 0 Å². The van der Waals surface area contributed by atoms with E-state index in [9.17, 15) is 8.42 Å². The van der Waals surface area contributed by atoms with E-state index in [0.717, 1.165) is 34.7 Å². The van der Waals surface area contributed by atoms with Crippen LogP contribution in [0.2, 0.25) is 0 Å². The van der Waals surface area contributed by atoms with Gasteiger partial charge < -0.3 is 4.90 Å². The van der Waals surface area contributed by atoms with Gasteiger partial charge in [-0.2, -0.15) is 4.31 Å². The second kappa shape index (κ2) is 6.25. The number of nitrogens with zero attached hydrogens (tertiary/aromatic N) is 4. The van der Waals surface area contributed by atoms with Crippen LogP contribution in [0.3, 0.4) is 0 Å². The maximum Gasteiger partial charge on any atom is 0.211 e. The van der Waals surface area contributed by atoms with Gasteiger partial charge in [-0.3, -0.25) is 0 Å². The molecule has 140 valence electrons. The summed E-state index contributed by atoms with van der Waals surface area (Å²) < 4.78 is 26.6. The van der Waals surface area contributed by atoms with Gasteiger partial charge in [-0.05, 0) is 22.9 Å². The predicted molar refractivity (Wildman–Crippen MR) is 107 cm³/mol. The number of sulfonamides is 1. The van der Waals surface area contributed by atoms with Gasteiger partial charge in [0.25, 0.3) is 0 Å². The highest BCUT2D eigenvalue weighted by Gasteiger charge is 2.50. The number of hydrogen-bond donors (Lipinski definition) is 0. The van der Waals surface area contributed by atoms with Crippen LogP contribution < -0.4 is 4.90 Å². The molecule has 4 heterocycles. The van der Waals surface area contributed by atoms with Crippen molar-refractivity contribution in [2.75, 3.05) is 30.8 Å². The zero-order valence-corrected chi connectivity index (χ0v) is 16.5. The molecule has 2 aliphatic rings. The topological polar surface area (TPSA) is 66.4 Å². The van der Waals surface area contributed by atoms with Crippen molar-refractivity contribution in [3.05, 3.63) is 53.7 Å². The average molecular weight is 401 g/mol. The van der Waals surface area contributed by atoms with E-state index in [1.807, 2.05) is 35.7 Å². The molecule has 1 aromatic carbocycles. The Bertz CT molecular complexity index is 1080. The normalized spacial score (nSPS) is 26.0. The van der Waals surface area contributed by atoms with Crippen LogP contribution in [-0.2, 0) is 10.0 Å². The molecule has 3 atom stereocenters. The third kappa shape index (κ3) is 2.83. The highest BCUT2D eigenvalue weighted by molar-refractivity contribution is 7.88. The van der Waals surface area contributed by atoms with Gasteiger partial charge in [-0.15, -0.1) is 11.3 Å². The van der Waals surface area contributed by atoms with Crippen molar-refractivity contribution in [2.45, 2.75) is 6.04 Å². The Morgan fingerprint density at radius 1 is 1.07 bits per heavy atom. The second-order valence-corrected chi connectivity index (χ2v) is 10.2. The molecular weight excluding hydrogens is 380 g/mol. The average Bonchev–Trinajstić information content (AvgIpc) is 3.35. The Morgan fingerprint density at radius 3 is 2.67 bits per heavy atom. The van der Waals surface area contributed by atoms with Gasteiger partial charge in [0, 0.05) is 25.6 Å².